The number of anilines is 1. The summed E-state index contributed by atoms with van der Waals surface area (Å²) >= 11 is 0. The maximum atomic E-state index is 13.0. The number of nitrogens with zero attached hydrogens (tertiary/aromatic N) is 1. The van der Waals surface area contributed by atoms with Crippen LogP contribution in [-0.4, -0.2) is 36.4 Å². The van der Waals surface area contributed by atoms with Crippen LogP contribution in [0.5, 0.6) is 17.2 Å². The van der Waals surface area contributed by atoms with Gasteiger partial charge in [-0.25, -0.2) is 0 Å². The second kappa shape index (κ2) is 10.0. The number of para-hydroxylation sites is 2. The molecule has 4 rings (SSSR count). The number of nitrogens with one attached hydrogen (secondary N) is 1. The van der Waals surface area contributed by atoms with Crippen LogP contribution in [-0.2, 0) is 4.79 Å². The van der Waals surface area contributed by atoms with Crippen molar-refractivity contribution in [3.63, 3.8) is 0 Å². The number of carbonyl (C=O) groups excluding carboxylic acids is 2. The molecule has 166 valence electrons. The molecule has 7 nitrogen and oxygen atoms in total. The van der Waals surface area contributed by atoms with Crippen molar-refractivity contribution in [2.45, 2.75) is 19.8 Å². The van der Waals surface area contributed by atoms with Crippen LogP contribution in [0, 0.1) is 5.92 Å². The summed E-state index contributed by atoms with van der Waals surface area (Å²) in [4.78, 5) is 27.3. The number of rotatable bonds is 7. The largest absolute Gasteiger partial charge is 0.494 e. The van der Waals surface area contributed by atoms with Crippen LogP contribution in [0.4, 0.5) is 5.69 Å². The molecule has 1 saturated heterocycles. The zero-order valence-corrected chi connectivity index (χ0v) is 18.0. The second-order valence-corrected chi connectivity index (χ2v) is 7.56. The average molecular weight is 434 g/mol. The third kappa shape index (κ3) is 5.11. The molecular formula is C25H26N2O5. The molecule has 0 aliphatic carbocycles. The first kappa shape index (κ1) is 21.5. The number of furan rings is 1. The molecule has 1 aliphatic rings. The molecule has 0 bridgehead atoms. The minimum absolute atomic E-state index is 0.135. The van der Waals surface area contributed by atoms with Crippen LogP contribution in [0.2, 0.25) is 0 Å². The van der Waals surface area contributed by atoms with Crippen molar-refractivity contribution in [3.05, 3.63) is 72.7 Å². The molecule has 2 heterocycles. The van der Waals surface area contributed by atoms with E-state index in [0.29, 0.717) is 42.6 Å². The Bertz CT molecular complexity index is 1050. The lowest BCUT2D eigenvalue weighted by atomic mass is 9.96. The first-order chi connectivity index (χ1) is 15.6. The van der Waals surface area contributed by atoms with Crippen LogP contribution in [0.15, 0.2) is 71.3 Å². The smallest absolute Gasteiger partial charge is 0.289 e. The first-order valence-electron chi connectivity index (χ1n) is 10.8. The Labute approximate surface area is 186 Å². The van der Waals surface area contributed by atoms with Crippen molar-refractivity contribution in [1.29, 1.82) is 0 Å². The number of piperidine rings is 1. The van der Waals surface area contributed by atoms with Gasteiger partial charge in [0.2, 0.25) is 5.91 Å². The van der Waals surface area contributed by atoms with Gasteiger partial charge in [0, 0.05) is 13.1 Å². The highest BCUT2D eigenvalue weighted by Crippen LogP contribution is 2.31. The Hall–Kier alpha value is -3.74. The Morgan fingerprint density at radius 1 is 1.06 bits per heavy atom. The molecule has 1 N–H and O–H groups in total. The summed E-state index contributed by atoms with van der Waals surface area (Å²) in [6.45, 7) is 3.50. The van der Waals surface area contributed by atoms with Crippen LogP contribution >= 0.6 is 0 Å². The molecule has 2 amide bonds. The lowest BCUT2D eigenvalue weighted by Gasteiger charge is -2.31. The van der Waals surface area contributed by atoms with Gasteiger partial charge in [0.05, 0.1) is 24.5 Å². The van der Waals surface area contributed by atoms with Crippen molar-refractivity contribution in [2.24, 2.45) is 5.92 Å². The van der Waals surface area contributed by atoms with E-state index in [4.69, 9.17) is 13.9 Å². The van der Waals surface area contributed by atoms with Crippen molar-refractivity contribution >= 4 is 17.5 Å². The number of amides is 2. The Morgan fingerprint density at radius 2 is 1.84 bits per heavy atom. The molecule has 3 aromatic rings. The molecule has 2 aromatic carbocycles. The Morgan fingerprint density at radius 3 is 2.59 bits per heavy atom. The fourth-order valence-electron chi connectivity index (χ4n) is 3.72. The Kier molecular flexibility index (Phi) is 6.75. The van der Waals surface area contributed by atoms with E-state index >= 15 is 0 Å². The summed E-state index contributed by atoms with van der Waals surface area (Å²) in [5, 5.41) is 2.98. The molecule has 0 spiro atoms. The number of carbonyl (C=O) groups is 2. The average Bonchev–Trinajstić information content (AvgIpc) is 3.36. The van der Waals surface area contributed by atoms with Crippen LogP contribution in [0.25, 0.3) is 0 Å². The predicted octanol–water partition coefficient (Wildman–Crippen LogP) is 4.96. The number of hydrogen-bond donors (Lipinski definition) is 1. The summed E-state index contributed by atoms with van der Waals surface area (Å²) in [6.07, 6.45) is 2.95. The monoisotopic (exact) mass is 434 g/mol. The van der Waals surface area contributed by atoms with Crippen LogP contribution in [0.3, 0.4) is 0 Å². The van der Waals surface area contributed by atoms with E-state index in [1.807, 2.05) is 43.3 Å². The second-order valence-electron chi connectivity index (χ2n) is 7.56. The van der Waals surface area contributed by atoms with Gasteiger partial charge in [0.15, 0.2) is 11.5 Å². The minimum Gasteiger partial charge on any atom is -0.494 e. The highest BCUT2D eigenvalue weighted by Gasteiger charge is 2.30. The maximum absolute atomic E-state index is 13.0. The molecule has 0 saturated carbocycles. The first-order valence-corrected chi connectivity index (χ1v) is 10.8. The van der Waals surface area contributed by atoms with Crippen molar-refractivity contribution in [2.75, 3.05) is 25.0 Å². The van der Waals surface area contributed by atoms with E-state index in [0.717, 1.165) is 18.6 Å². The highest BCUT2D eigenvalue weighted by atomic mass is 16.5. The fraction of sp³-hybridized carbons (Fsp3) is 0.280. The summed E-state index contributed by atoms with van der Waals surface area (Å²) in [7, 11) is 0. The van der Waals surface area contributed by atoms with Crippen LogP contribution in [0.1, 0.15) is 30.3 Å². The lowest BCUT2D eigenvalue weighted by Crippen LogP contribution is -2.43. The standard InChI is InChI=1S/C25H26N2O5/c1-2-30-19-11-13-20(14-12-19)32-22-9-4-3-8-21(22)26-24(28)18-7-5-15-27(17-18)25(29)23-10-6-16-31-23/h3-4,6,8-14,16,18H,2,5,7,15,17H2,1H3,(H,26,28). The van der Waals surface area contributed by atoms with Crippen molar-refractivity contribution < 1.29 is 23.5 Å². The molecule has 1 atom stereocenters. The van der Waals surface area contributed by atoms with E-state index < -0.39 is 0 Å². The SMILES string of the molecule is CCOc1ccc(Oc2ccccc2NC(=O)C2CCCN(C(=O)c3ccco3)C2)cc1. The molecule has 0 radical (unpaired) electrons. The van der Waals surface area contributed by atoms with Gasteiger partial charge >= 0.3 is 0 Å². The predicted molar refractivity (Wildman–Crippen MR) is 120 cm³/mol. The van der Waals surface area contributed by atoms with E-state index in [-0.39, 0.29) is 17.7 Å². The van der Waals surface area contributed by atoms with Gasteiger partial charge in [0.1, 0.15) is 11.5 Å². The third-order valence-corrected chi connectivity index (χ3v) is 5.32. The van der Waals surface area contributed by atoms with Crippen molar-refractivity contribution in [1.82, 2.24) is 4.90 Å². The summed E-state index contributed by atoms with van der Waals surface area (Å²) in [6, 6.07) is 17.9. The maximum Gasteiger partial charge on any atom is 0.289 e. The molecule has 7 heteroatoms. The number of benzene rings is 2. The molecular weight excluding hydrogens is 408 g/mol. The van der Waals surface area contributed by atoms with Gasteiger partial charge in [-0.15, -0.1) is 0 Å². The minimum atomic E-state index is -0.304. The molecule has 1 aliphatic heterocycles. The summed E-state index contributed by atoms with van der Waals surface area (Å²) in [5.41, 5.74) is 0.584. The zero-order valence-electron chi connectivity index (χ0n) is 18.0. The number of ether oxygens (including phenoxy) is 2. The van der Waals surface area contributed by atoms with E-state index in [2.05, 4.69) is 5.32 Å². The molecule has 1 unspecified atom stereocenters. The molecule has 32 heavy (non-hydrogen) atoms. The molecule has 1 fully saturated rings. The van der Waals surface area contributed by atoms with Gasteiger partial charge in [-0.3, -0.25) is 9.59 Å². The van der Waals surface area contributed by atoms with Gasteiger partial charge in [0.25, 0.3) is 5.91 Å². The fourth-order valence-corrected chi connectivity index (χ4v) is 3.72. The van der Waals surface area contributed by atoms with Crippen molar-refractivity contribution in [3.8, 4) is 17.2 Å². The number of hydrogen-bond acceptors (Lipinski definition) is 5. The van der Waals surface area contributed by atoms with Crippen LogP contribution < -0.4 is 14.8 Å². The van der Waals surface area contributed by atoms with Gasteiger partial charge in [-0.2, -0.15) is 0 Å². The van der Waals surface area contributed by atoms with Gasteiger partial charge in [-0.1, -0.05) is 12.1 Å². The summed E-state index contributed by atoms with van der Waals surface area (Å²) < 4.78 is 16.7. The lowest BCUT2D eigenvalue weighted by molar-refractivity contribution is -0.121. The van der Waals surface area contributed by atoms with Gasteiger partial charge in [-0.05, 0) is 68.3 Å². The number of likely N-dealkylation sites (tertiary alicyclic amines) is 1. The summed E-state index contributed by atoms with van der Waals surface area (Å²) in [5.74, 6) is 1.62. The van der Waals surface area contributed by atoms with Gasteiger partial charge < -0.3 is 24.1 Å². The zero-order chi connectivity index (χ0) is 22.3. The third-order valence-electron chi connectivity index (χ3n) is 5.32. The topological polar surface area (TPSA) is 81.0 Å². The van der Waals surface area contributed by atoms with E-state index in [9.17, 15) is 9.59 Å². The highest BCUT2D eigenvalue weighted by molar-refractivity contribution is 5.95. The quantitative estimate of drug-likeness (QED) is 0.568. The normalized spacial score (nSPS) is 15.8. The Balaban J connectivity index is 1.41. The van der Waals surface area contributed by atoms with E-state index in [1.165, 1.54) is 6.26 Å². The van der Waals surface area contributed by atoms with E-state index in [1.54, 1.807) is 29.2 Å². The molecule has 1 aromatic heterocycles.